The van der Waals surface area contributed by atoms with Crippen LogP contribution in [0.5, 0.6) is 0 Å². The summed E-state index contributed by atoms with van der Waals surface area (Å²) in [5.41, 5.74) is 1.93. The zero-order chi connectivity index (χ0) is 24.4. The second-order valence-electron chi connectivity index (χ2n) is 8.25. The quantitative estimate of drug-likeness (QED) is 0.214. The van der Waals surface area contributed by atoms with E-state index in [0.29, 0.717) is 0 Å². The van der Waals surface area contributed by atoms with E-state index in [1.165, 1.54) is 24.3 Å². The lowest BCUT2D eigenvalue weighted by Crippen LogP contribution is -2.59. The molecule has 0 fully saturated rings. The van der Waals surface area contributed by atoms with Crippen molar-refractivity contribution in [3.8, 4) is 0 Å². The normalized spacial score (nSPS) is 14.2. The second kappa shape index (κ2) is 8.96. The smallest absolute Gasteiger partial charge is 0.258 e. The maximum atomic E-state index is 11.3. The molecule has 1 aliphatic heterocycles. The Kier molecular flexibility index (Phi) is 5.68. The van der Waals surface area contributed by atoms with Crippen molar-refractivity contribution in [3.05, 3.63) is 153 Å². The van der Waals surface area contributed by atoms with Crippen molar-refractivity contribution in [2.45, 2.75) is 0 Å². The number of non-ortho nitro benzene ring substituents is 2. The minimum Gasteiger partial charge on any atom is -0.258 e. The van der Waals surface area contributed by atoms with E-state index in [-0.39, 0.29) is 11.4 Å². The third kappa shape index (κ3) is 3.77. The highest BCUT2D eigenvalue weighted by atomic mass is 28.3. The van der Waals surface area contributed by atoms with Crippen LogP contribution in [0, 0.1) is 20.2 Å². The average molecular weight is 477 g/mol. The van der Waals surface area contributed by atoms with Gasteiger partial charge in [0.25, 0.3) is 11.4 Å². The Labute approximate surface area is 202 Å². The monoisotopic (exact) mass is 476 g/mol. The van der Waals surface area contributed by atoms with E-state index in [4.69, 9.17) is 0 Å². The van der Waals surface area contributed by atoms with Crippen LogP contribution in [0.15, 0.2) is 121 Å². The van der Waals surface area contributed by atoms with Gasteiger partial charge in [0, 0.05) is 24.3 Å². The minimum atomic E-state index is -2.83. The maximum Gasteiger partial charge on any atom is 0.269 e. The fraction of sp³-hybridized carbons (Fsp3) is 0. The van der Waals surface area contributed by atoms with Crippen LogP contribution in [0.4, 0.5) is 11.4 Å². The molecule has 0 aromatic heterocycles. The van der Waals surface area contributed by atoms with Gasteiger partial charge < -0.3 is 0 Å². The number of allylic oxidation sites excluding steroid dienone is 2. The summed E-state index contributed by atoms with van der Waals surface area (Å²) < 4.78 is 0. The number of nitro benzene ring substituents is 2. The highest BCUT2D eigenvalue weighted by Gasteiger charge is 2.47. The molecule has 0 N–H and O–H groups in total. The summed E-state index contributed by atoms with van der Waals surface area (Å²) in [6.45, 7) is 0. The summed E-state index contributed by atoms with van der Waals surface area (Å²) >= 11 is 0. The van der Waals surface area contributed by atoms with Crippen LogP contribution in [0.25, 0.3) is 10.4 Å². The summed E-state index contributed by atoms with van der Waals surface area (Å²) in [5, 5.41) is 27.1. The van der Waals surface area contributed by atoms with Crippen molar-refractivity contribution in [2.75, 3.05) is 0 Å². The molecule has 0 radical (unpaired) electrons. The van der Waals surface area contributed by atoms with Crippen LogP contribution in [-0.2, 0) is 0 Å². The molecule has 1 heterocycles. The van der Waals surface area contributed by atoms with Crippen LogP contribution in [-0.4, -0.2) is 17.9 Å². The van der Waals surface area contributed by atoms with Crippen LogP contribution in [0.2, 0.25) is 0 Å². The van der Waals surface area contributed by atoms with Gasteiger partial charge in [-0.15, -0.1) is 0 Å². The van der Waals surface area contributed by atoms with Gasteiger partial charge in [0.15, 0.2) is 8.07 Å². The summed E-state index contributed by atoms with van der Waals surface area (Å²) in [6, 6.07) is 33.9. The first-order valence-electron chi connectivity index (χ1n) is 11.1. The number of nitro groups is 2. The first-order valence-corrected chi connectivity index (χ1v) is 13.1. The molecule has 0 unspecified atom stereocenters. The molecule has 0 atom stereocenters. The third-order valence-corrected chi connectivity index (χ3v) is 11.3. The summed E-state index contributed by atoms with van der Waals surface area (Å²) in [5.74, 6) is 0. The van der Waals surface area contributed by atoms with Crippen molar-refractivity contribution in [1.82, 2.24) is 0 Å². The van der Waals surface area contributed by atoms with Gasteiger partial charge in [0.1, 0.15) is 0 Å². The molecule has 5 rings (SSSR count). The number of hydrogen-bond donors (Lipinski definition) is 0. The number of rotatable bonds is 6. The van der Waals surface area contributed by atoms with E-state index in [0.717, 1.165) is 31.9 Å². The van der Waals surface area contributed by atoms with Crippen LogP contribution < -0.4 is 10.4 Å². The molecule has 0 saturated heterocycles. The molecule has 0 amide bonds. The molecule has 35 heavy (non-hydrogen) atoms. The Morgan fingerprint density at radius 1 is 0.486 bits per heavy atom. The zero-order valence-corrected chi connectivity index (χ0v) is 19.6. The van der Waals surface area contributed by atoms with Crippen LogP contribution >= 0.6 is 0 Å². The van der Waals surface area contributed by atoms with Gasteiger partial charge in [-0.2, -0.15) is 0 Å². The SMILES string of the molecule is O=[N+]([O-])c1ccc(C2=CC=C(c3ccc([N+](=O)[O-])cc3)[Si]2(c2ccccc2)c2ccccc2)cc1. The lowest BCUT2D eigenvalue weighted by Gasteiger charge is -2.35. The highest BCUT2D eigenvalue weighted by molar-refractivity contribution is 7.26. The van der Waals surface area contributed by atoms with E-state index in [1.807, 2.05) is 60.7 Å². The van der Waals surface area contributed by atoms with Gasteiger partial charge in [-0.25, -0.2) is 0 Å². The lowest BCUT2D eigenvalue weighted by atomic mass is 10.1. The van der Waals surface area contributed by atoms with Gasteiger partial charge in [-0.1, -0.05) is 72.8 Å². The number of nitrogens with zero attached hydrogens (tertiary/aromatic N) is 2. The van der Waals surface area contributed by atoms with Crippen molar-refractivity contribution in [3.63, 3.8) is 0 Å². The molecule has 1 aliphatic rings. The van der Waals surface area contributed by atoms with Gasteiger partial charge in [0.2, 0.25) is 0 Å². The predicted molar refractivity (Wildman–Crippen MR) is 140 cm³/mol. The van der Waals surface area contributed by atoms with Crippen LogP contribution in [0.3, 0.4) is 0 Å². The number of benzene rings is 4. The number of hydrogen-bond acceptors (Lipinski definition) is 4. The van der Waals surface area contributed by atoms with Crippen molar-refractivity contribution >= 4 is 40.2 Å². The molecular formula is C28H20N2O4Si. The van der Waals surface area contributed by atoms with E-state index in [1.54, 1.807) is 0 Å². The van der Waals surface area contributed by atoms with Gasteiger partial charge in [0.05, 0.1) is 9.85 Å². The van der Waals surface area contributed by atoms with E-state index in [9.17, 15) is 20.2 Å². The average Bonchev–Trinajstić information content (AvgIpc) is 3.31. The Bertz CT molecular complexity index is 1350. The van der Waals surface area contributed by atoms with Crippen LogP contribution in [0.1, 0.15) is 11.1 Å². The van der Waals surface area contributed by atoms with E-state index >= 15 is 0 Å². The third-order valence-electron chi connectivity index (χ3n) is 6.42. The van der Waals surface area contributed by atoms with E-state index < -0.39 is 17.9 Å². The maximum absolute atomic E-state index is 11.3. The largest absolute Gasteiger partial charge is 0.269 e. The van der Waals surface area contributed by atoms with E-state index in [2.05, 4.69) is 36.4 Å². The fourth-order valence-corrected chi connectivity index (χ4v) is 10.00. The predicted octanol–water partition coefficient (Wildman–Crippen LogP) is 5.33. The fourth-order valence-electron chi connectivity index (χ4n) is 4.88. The molecule has 6 nitrogen and oxygen atoms in total. The first-order chi connectivity index (χ1) is 17.0. The molecule has 170 valence electrons. The Balaban J connectivity index is 1.77. The Hall–Kier alpha value is -4.62. The Morgan fingerprint density at radius 3 is 1.14 bits per heavy atom. The molecule has 7 heteroatoms. The molecule has 4 aromatic carbocycles. The molecule has 0 aliphatic carbocycles. The first kappa shape index (κ1) is 22.2. The standard InChI is InChI=1S/C28H20N2O4Si/c31-29(32)23-15-11-21(12-16-23)27-19-20-28(22-13-17-24(18-14-22)30(33)34)35(27,25-7-3-1-4-8-25)26-9-5-2-6-10-26/h1-20H. The molecule has 0 spiro atoms. The second-order valence-corrected chi connectivity index (χ2v) is 12.0. The molecule has 0 saturated carbocycles. The summed E-state index contributed by atoms with van der Waals surface area (Å²) in [6.07, 6.45) is 4.20. The molecule has 0 bridgehead atoms. The summed E-state index contributed by atoms with van der Waals surface area (Å²) in [7, 11) is -2.83. The van der Waals surface area contributed by atoms with Gasteiger partial charge >= 0.3 is 0 Å². The Morgan fingerprint density at radius 2 is 0.829 bits per heavy atom. The summed E-state index contributed by atoms with van der Waals surface area (Å²) in [4.78, 5) is 21.7. The lowest BCUT2D eigenvalue weighted by molar-refractivity contribution is -0.385. The molecular weight excluding hydrogens is 456 g/mol. The van der Waals surface area contributed by atoms with Crippen molar-refractivity contribution < 1.29 is 9.85 Å². The zero-order valence-electron chi connectivity index (χ0n) is 18.6. The van der Waals surface area contributed by atoms with Gasteiger partial charge in [-0.05, 0) is 56.2 Å². The van der Waals surface area contributed by atoms with Crippen molar-refractivity contribution in [1.29, 1.82) is 0 Å². The topological polar surface area (TPSA) is 86.3 Å². The van der Waals surface area contributed by atoms with Crippen molar-refractivity contribution in [2.24, 2.45) is 0 Å². The van der Waals surface area contributed by atoms with Gasteiger partial charge in [-0.3, -0.25) is 20.2 Å². The minimum absolute atomic E-state index is 0.0441. The molecule has 4 aromatic rings. The highest BCUT2D eigenvalue weighted by Crippen LogP contribution is 2.42.